The van der Waals surface area contributed by atoms with E-state index in [0.29, 0.717) is 5.56 Å². The third-order valence-electron chi connectivity index (χ3n) is 1.93. The molecule has 0 bridgehead atoms. The highest BCUT2D eigenvalue weighted by Gasteiger charge is 2.10. The Labute approximate surface area is 82.1 Å². The Kier molecular flexibility index (Phi) is 3.43. The van der Waals surface area contributed by atoms with Gasteiger partial charge in [-0.2, -0.15) is 5.26 Å². The van der Waals surface area contributed by atoms with Crippen molar-refractivity contribution in [3.05, 3.63) is 29.6 Å². The van der Waals surface area contributed by atoms with Crippen LogP contribution in [0.4, 0.5) is 4.39 Å². The van der Waals surface area contributed by atoms with Crippen molar-refractivity contribution in [3.63, 3.8) is 0 Å². The van der Waals surface area contributed by atoms with Gasteiger partial charge in [-0.15, -0.1) is 0 Å². The zero-order valence-electron chi connectivity index (χ0n) is 8.04. The van der Waals surface area contributed by atoms with Crippen LogP contribution in [0.1, 0.15) is 11.6 Å². The highest BCUT2D eigenvalue weighted by molar-refractivity contribution is 5.33. The van der Waals surface area contributed by atoms with Gasteiger partial charge >= 0.3 is 0 Å². The van der Waals surface area contributed by atoms with Crippen molar-refractivity contribution in [2.75, 3.05) is 14.2 Å². The number of nitrogens with zero attached hydrogens (tertiary/aromatic N) is 1. The Bertz CT molecular complexity index is 360. The van der Waals surface area contributed by atoms with Crippen LogP contribution >= 0.6 is 0 Å². The van der Waals surface area contributed by atoms with E-state index in [1.807, 2.05) is 6.07 Å². The largest absolute Gasteiger partial charge is 0.494 e. The third kappa shape index (κ3) is 2.01. The number of rotatable bonds is 3. The van der Waals surface area contributed by atoms with Crippen LogP contribution in [0.15, 0.2) is 18.2 Å². The van der Waals surface area contributed by atoms with Crippen LogP contribution in [0.5, 0.6) is 5.75 Å². The highest BCUT2D eigenvalue weighted by atomic mass is 19.1. The molecule has 0 fully saturated rings. The summed E-state index contributed by atoms with van der Waals surface area (Å²) in [5.41, 5.74) is 0.591. The van der Waals surface area contributed by atoms with Crippen molar-refractivity contribution in [2.45, 2.75) is 6.04 Å². The molecule has 14 heavy (non-hydrogen) atoms. The molecule has 1 N–H and O–H groups in total. The molecule has 0 amide bonds. The lowest BCUT2D eigenvalue weighted by Gasteiger charge is -2.09. The minimum atomic E-state index is -0.490. The SMILES string of the molecule is CNC(C#N)c1ccc(OC)c(F)c1. The van der Waals surface area contributed by atoms with Crippen molar-refractivity contribution in [1.82, 2.24) is 5.32 Å². The van der Waals surface area contributed by atoms with Crippen molar-refractivity contribution in [2.24, 2.45) is 0 Å². The van der Waals surface area contributed by atoms with Gasteiger partial charge in [0.15, 0.2) is 11.6 Å². The van der Waals surface area contributed by atoms with E-state index in [4.69, 9.17) is 10.00 Å². The molecule has 74 valence electrons. The number of ether oxygens (including phenoxy) is 1. The first-order valence-electron chi connectivity index (χ1n) is 4.13. The summed E-state index contributed by atoms with van der Waals surface area (Å²) in [6.07, 6.45) is 0. The van der Waals surface area contributed by atoms with Crippen LogP contribution in [0, 0.1) is 17.1 Å². The number of nitriles is 1. The van der Waals surface area contributed by atoms with Crippen molar-refractivity contribution < 1.29 is 9.13 Å². The Hall–Kier alpha value is -1.60. The van der Waals surface area contributed by atoms with E-state index in [1.165, 1.54) is 19.2 Å². The monoisotopic (exact) mass is 194 g/mol. The minimum Gasteiger partial charge on any atom is -0.494 e. The maximum absolute atomic E-state index is 13.2. The van der Waals surface area contributed by atoms with Crippen molar-refractivity contribution in [3.8, 4) is 11.8 Å². The van der Waals surface area contributed by atoms with Gasteiger partial charge in [-0.25, -0.2) is 4.39 Å². The molecule has 0 radical (unpaired) electrons. The van der Waals surface area contributed by atoms with Gasteiger partial charge < -0.3 is 10.1 Å². The molecule has 0 aliphatic carbocycles. The number of hydrogen-bond donors (Lipinski definition) is 1. The van der Waals surface area contributed by atoms with Crippen LogP contribution in [-0.4, -0.2) is 14.2 Å². The maximum Gasteiger partial charge on any atom is 0.165 e. The molecule has 0 aromatic heterocycles. The van der Waals surface area contributed by atoms with E-state index in [-0.39, 0.29) is 5.75 Å². The van der Waals surface area contributed by atoms with E-state index in [0.717, 1.165) is 0 Å². The van der Waals surface area contributed by atoms with Crippen LogP contribution in [0.2, 0.25) is 0 Å². The highest BCUT2D eigenvalue weighted by Crippen LogP contribution is 2.21. The summed E-state index contributed by atoms with van der Waals surface area (Å²) in [5.74, 6) is -0.276. The van der Waals surface area contributed by atoms with E-state index >= 15 is 0 Å². The summed E-state index contributed by atoms with van der Waals surface area (Å²) in [7, 11) is 3.05. The van der Waals surface area contributed by atoms with Crippen LogP contribution in [0.3, 0.4) is 0 Å². The normalized spacial score (nSPS) is 11.9. The van der Waals surface area contributed by atoms with Gasteiger partial charge in [0.1, 0.15) is 6.04 Å². The predicted octanol–water partition coefficient (Wildman–Crippen LogP) is 1.62. The van der Waals surface area contributed by atoms with Crippen molar-refractivity contribution >= 4 is 0 Å². The first-order chi connectivity index (χ1) is 6.72. The summed E-state index contributed by atoms with van der Waals surface area (Å²) < 4.78 is 18.0. The molecule has 0 saturated carbocycles. The van der Waals surface area contributed by atoms with Gasteiger partial charge in [0.25, 0.3) is 0 Å². The van der Waals surface area contributed by atoms with Crippen LogP contribution in [-0.2, 0) is 0 Å². The smallest absolute Gasteiger partial charge is 0.165 e. The first kappa shape index (κ1) is 10.5. The molecule has 1 rings (SSSR count). The fourth-order valence-corrected chi connectivity index (χ4v) is 1.17. The lowest BCUT2D eigenvalue weighted by atomic mass is 10.1. The predicted molar refractivity (Wildman–Crippen MR) is 50.4 cm³/mol. The quantitative estimate of drug-likeness (QED) is 0.795. The number of benzene rings is 1. The van der Waals surface area contributed by atoms with Crippen molar-refractivity contribution in [1.29, 1.82) is 5.26 Å². The third-order valence-corrected chi connectivity index (χ3v) is 1.93. The lowest BCUT2D eigenvalue weighted by molar-refractivity contribution is 0.386. The molecule has 0 saturated heterocycles. The molecule has 1 aromatic carbocycles. The Morgan fingerprint density at radius 1 is 1.57 bits per heavy atom. The number of hydrogen-bond acceptors (Lipinski definition) is 3. The summed E-state index contributed by atoms with van der Waals surface area (Å²) in [5, 5.41) is 11.5. The van der Waals surface area contributed by atoms with Gasteiger partial charge in [0.05, 0.1) is 13.2 Å². The second-order valence-corrected chi connectivity index (χ2v) is 2.74. The summed E-state index contributed by atoms with van der Waals surface area (Å²) in [6.45, 7) is 0. The average Bonchev–Trinajstić information content (AvgIpc) is 2.20. The Morgan fingerprint density at radius 2 is 2.29 bits per heavy atom. The average molecular weight is 194 g/mol. The zero-order chi connectivity index (χ0) is 10.6. The van der Waals surface area contributed by atoms with Gasteiger partial charge in [-0.3, -0.25) is 0 Å². The molecule has 1 atom stereocenters. The minimum absolute atomic E-state index is 0.182. The van der Waals surface area contributed by atoms with Gasteiger partial charge in [0, 0.05) is 0 Å². The number of nitrogens with one attached hydrogen (secondary N) is 1. The molecular weight excluding hydrogens is 183 g/mol. The Balaban J connectivity index is 3.03. The first-order valence-corrected chi connectivity index (χ1v) is 4.13. The fraction of sp³-hybridized carbons (Fsp3) is 0.300. The summed E-state index contributed by atoms with van der Waals surface area (Å²) in [6, 6.07) is 5.98. The molecule has 4 heteroatoms. The zero-order valence-corrected chi connectivity index (χ0v) is 8.04. The van der Waals surface area contributed by atoms with E-state index < -0.39 is 11.9 Å². The molecule has 1 unspecified atom stereocenters. The van der Waals surface area contributed by atoms with E-state index in [2.05, 4.69) is 5.32 Å². The van der Waals surface area contributed by atoms with Gasteiger partial charge in [-0.1, -0.05) is 6.07 Å². The molecule has 0 aliphatic rings. The van der Waals surface area contributed by atoms with Gasteiger partial charge in [0.2, 0.25) is 0 Å². The fourth-order valence-electron chi connectivity index (χ4n) is 1.17. The molecule has 0 aliphatic heterocycles. The molecule has 0 spiro atoms. The van der Waals surface area contributed by atoms with Gasteiger partial charge in [-0.05, 0) is 24.7 Å². The van der Waals surface area contributed by atoms with Crippen LogP contribution in [0.25, 0.3) is 0 Å². The standard InChI is InChI=1S/C10H11FN2O/c1-13-9(6-12)7-3-4-10(14-2)8(11)5-7/h3-5,9,13H,1-2H3. The Morgan fingerprint density at radius 3 is 2.71 bits per heavy atom. The topological polar surface area (TPSA) is 45.0 Å². The van der Waals surface area contributed by atoms with E-state index in [1.54, 1.807) is 13.1 Å². The number of halogens is 1. The summed E-state index contributed by atoms with van der Waals surface area (Å²) in [4.78, 5) is 0. The molecule has 1 aromatic rings. The molecule has 0 heterocycles. The molecule has 3 nitrogen and oxygen atoms in total. The number of methoxy groups -OCH3 is 1. The van der Waals surface area contributed by atoms with E-state index in [9.17, 15) is 4.39 Å². The summed E-state index contributed by atoms with van der Waals surface area (Å²) >= 11 is 0. The second kappa shape index (κ2) is 4.58. The molecular formula is C10H11FN2O. The lowest BCUT2D eigenvalue weighted by Crippen LogP contribution is -2.14. The second-order valence-electron chi connectivity index (χ2n) is 2.74. The maximum atomic E-state index is 13.2. The van der Waals surface area contributed by atoms with Crippen LogP contribution < -0.4 is 10.1 Å².